The molecular formula is C20H22FN3O4. The maximum absolute atomic E-state index is 13.5. The molecule has 0 saturated carbocycles. The van der Waals surface area contributed by atoms with Crippen molar-refractivity contribution in [1.82, 2.24) is 10.9 Å². The number of halogens is 1. The fourth-order valence-electron chi connectivity index (χ4n) is 2.48. The molecular weight excluding hydrogens is 365 g/mol. The standard InChI is InChI=1S/C20H22FN3O4/c1-3-24(4-2)15-11-9-14(10-12-15)19(26)23-22-18(25)13-28-20(27)16-7-5-6-8-17(16)21/h5-12H,3-4,13H2,1-2H3,(H,22,25)(H,23,26). The van der Waals surface area contributed by atoms with Crippen LogP contribution in [0.3, 0.4) is 0 Å². The van der Waals surface area contributed by atoms with Crippen LogP contribution in [0.15, 0.2) is 48.5 Å². The summed E-state index contributed by atoms with van der Waals surface area (Å²) in [5.74, 6) is -2.97. The van der Waals surface area contributed by atoms with Gasteiger partial charge in [-0.1, -0.05) is 12.1 Å². The van der Waals surface area contributed by atoms with Crippen LogP contribution in [0.4, 0.5) is 10.1 Å². The molecule has 8 heteroatoms. The summed E-state index contributed by atoms with van der Waals surface area (Å²) in [7, 11) is 0. The number of rotatable bonds is 7. The van der Waals surface area contributed by atoms with Gasteiger partial charge in [-0.2, -0.15) is 0 Å². The normalized spacial score (nSPS) is 10.1. The molecule has 0 unspecified atom stereocenters. The molecule has 0 atom stereocenters. The zero-order valence-electron chi connectivity index (χ0n) is 15.7. The van der Waals surface area contributed by atoms with Crippen molar-refractivity contribution in [2.45, 2.75) is 13.8 Å². The number of hydrogen-bond acceptors (Lipinski definition) is 5. The molecule has 0 heterocycles. The van der Waals surface area contributed by atoms with Gasteiger partial charge in [0.05, 0.1) is 5.56 Å². The highest BCUT2D eigenvalue weighted by molar-refractivity contribution is 5.96. The lowest BCUT2D eigenvalue weighted by atomic mass is 10.2. The molecule has 2 rings (SSSR count). The molecule has 2 N–H and O–H groups in total. The van der Waals surface area contributed by atoms with E-state index in [0.717, 1.165) is 24.8 Å². The first-order chi connectivity index (χ1) is 13.5. The predicted octanol–water partition coefficient (Wildman–Crippen LogP) is 2.29. The van der Waals surface area contributed by atoms with Crippen molar-refractivity contribution in [3.8, 4) is 0 Å². The highest BCUT2D eigenvalue weighted by atomic mass is 19.1. The van der Waals surface area contributed by atoms with E-state index in [1.807, 2.05) is 26.0 Å². The third kappa shape index (κ3) is 5.54. The Morgan fingerprint density at radius 1 is 0.964 bits per heavy atom. The number of nitrogens with zero attached hydrogens (tertiary/aromatic N) is 1. The van der Waals surface area contributed by atoms with Crippen molar-refractivity contribution < 1.29 is 23.5 Å². The van der Waals surface area contributed by atoms with Gasteiger partial charge >= 0.3 is 5.97 Å². The SMILES string of the molecule is CCN(CC)c1ccc(C(=O)NNC(=O)COC(=O)c2ccccc2F)cc1. The van der Waals surface area contributed by atoms with Crippen LogP contribution in [0.25, 0.3) is 0 Å². The molecule has 0 aliphatic heterocycles. The predicted molar refractivity (Wildman–Crippen MR) is 102 cm³/mol. The van der Waals surface area contributed by atoms with E-state index in [-0.39, 0.29) is 5.56 Å². The third-order valence-corrected chi connectivity index (χ3v) is 4.00. The van der Waals surface area contributed by atoms with Crippen LogP contribution in [0.5, 0.6) is 0 Å². The fourth-order valence-corrected chi connectivity index (χ4v) is 2.48. The number of nitrogens with one attached hydrogen (secondary N) is 2. The van der Waals surface area contributed by atoms with E-state index in [1.54, 1.807) is 12.1 Å². The highest BCUT2D eigenvalue weighted by Gasteiger charge is 2.15. The number of ether oxygens (including phenoxy) is 1. The molecule has 0 bridgehead atoms. The van der Waals surface area contributed by atoms with E-state index >= 15 is 0 Å². The van der Waals surface area contributed by atoms with Crippen LogP contribution in [0.2, 0.25) is 0 Å². The second-order valence-corrected chi connectivity index (χ2v) is 5.78. The van der Waals surface area contributed by atoms with Crippen molar-refractivity contribution in [2.75, 3.05) is 24.6 Å². The smallest absolute Gasteiger partial charge is 0.341 e. The second kappa shape index (κ2) is 10.1. The summed E-state index contributed by atoms with van der Waals surface area (Å²) in [4.78, 5) is 37.7. The summed E-state index contributed by atoms with van der Waals surface area (Å²) in [5, 5.41) is 0. The Morgan fingerprint density at radius 3 is 2.21 bits per heavy atom. The van der Waals surface area contributed by atoms with Crippen LogP contribution >= 0.6 is 0 Å². The van der Waals surface area contributed by atoms with Gasteiger partial charge in [0.15, 0.2) is 6.61 Å². The van der Waals surface area contributed by atoms with Gasteiger partial charge in [-0.3, -0.25) is 20.4 Å². The summed E-state index contributed by atoms with van der Waals surface area (Å²) in [6.45, 7) is 5.12. The Bertz CT molecular complexity index is 836. The molecule has 0 aromatic heterocycles. The largest absolute Gasteiger partial charge is 0.452 e. The number of benzene rings is 2. The number of carbonyl (C=O) groups excluding carboxylic acids is 3. The zero-order chi connectivity index (χ0) is 20.5. The highest BCUT2D eigenvalue weighted by Crippen LogP contribution is 2.14. The lowest BCUT2D eigenvalue weighted by Gasteiger charge is -2.21. The van der Waals surface area contributed by atoms with Crippen LogP contribution in [0.1, 0.15) is 34.6 Å². The van der Waals surface area contributed by atoms with Gasteiger partial charge in [-0.25, -0.2) is 9.18 Å². The molecule has 2 aromatic rings. The molecule has 7 nitrogen and oxygen atoms in total. The summed E-state index contributed by atoms with van der Waals surface area (Å²) < 4.78 is 18.2. The van der Waals surface area contributed by atoms with Gasteiger partial charge in [0.25, 0.3) is 11.8 Å². The van der Waals surface area contributed by atoms with Crippen LogP contribution in [-0.4, -0.2) is 37.5 Å². The van der Waals surface area contributed by atoms with Crippen LogP contribution < -0.4 is 15.8 Å². The Labute approximate surface area is 162 Å². The third-order valence-electron chi connectivity index (χ3n) is 4.00. The summed E-state index contributed by atoms with van der Waals surface area (Å²) in [6.07, 6.45) is 0. The van der Waals surface area contributed by atoms with E-state index in [1.165, 1.54) is 18.2 Å². The minimum Gasteiger partial charge on any atom is -0.452 e. The van der Waals surface area contributed by atoms with Crippen molar-refractivity contribution in [2.24, 2.45) is 0 Å². The zero-order valence-corrected chi connectivity index (χ0v) is 15.7. The minimum atomic E-state index is -0.966. The average Bonchev–Trinajstić information content (AvgIpc) is 2.72. The number of amides is 2. The number of anilines is 1. The average molecular weight is 387 g/mol. The molecule has 2 amide bonds. The number of hydrogen-bond donors (Lipinski definition) is 2. The molecule has 0 saturated heterocycles. The number of esters is 1. The number of carbonyl (C=O) groups is 3. The van der Waals surface area contributed by atoms with E-state index in [9.17, 15) is 18.8 Å². The first kappa shape index (κ1) is 20.9. The molecule has 28 heavy (non-hydrogen) atoms. The Kier molecular flexibility index (Phi) is 7.50. The van der Waals surface area contributed by atoms with Gasteiger partial charge in [0, 0.05) is 24.3 Å². The van der Waals surface area contributed by atoms with Gasteiger partial charge in [-0.15, -0.1) is 0 Å². The van der Waals surface area contributed by atoms with Gasteiger partial charge in [-0.05, 0) is 50.2 Å². The molecule has 2 aromatic carbocycles. The van der Waals surface area contributed by atoms with Crippen molar-refractivity contribution in [3.05, 3.63) is 65.5 Å². The van der Waals surface area contributed by atoms with Crippen molar-refractivity contribution in [3.63, 3.8) is 0 Å². The first-order valence-electron chi connectivity index (χ1n) is 8.82. The molecule has 0 fully saturated rings. The van der Waals surface area contributed by atoms with Crippen molar-refractivity contribution in [1.29, 1.82) is 0 Å². The monoisotopic (exact) mass is 387 g/mol. The first-order valence-corrected chi connectivity index (χ1v) is 8.82. The lowest BCUT2D eigenvalue weighted by molar-refractivity contribution is -0.125. The van der Waals surface area contributed by atoms with E-state index in [2.05, 4.69) is 15.8 Å². The Hall–Kier alpha value is -3.42. The van der Waals surface area contributed by atoms with Crippen molar-refractivity contribution >= 4 is 23.5 Å². The Balaban J connectivity index is 1.81. The second-order valence-electron chi connectivity index (χ2n) is 5.78. The van der Waals surface area contributed by atoms with Gasteiger partial charge in [0.2, 0.25) is 0 Å². The molecule has 0 spiro atoms. The maximum atomic E-state index is 13.5. The van der Waals surface area contributed by atoms with E-state index < -0.39 is 30.2 Å². The quantitative estimate of drug-likeness (QED) is 0.562. The summed E-state index contributed by atoms with van der Waals surface area (Å²) >= 11 is 0. The molecule has 148 valence electrons. The Morgan fingerprint density at radius 2 is 1.61 bits per heavy atom. The van der Waals surface area contributed by atoms with E-state index in [0.29, 0.717) is 5.56 Å². The topological polar surface area (TPSA) is 87.7 Å². The maximum Gasteiger partial charge on any atom is 0.341 e. The molecule has 0 radical (unpaired) electrons. The summed E-state index contributed by atoms with van der Waals surface area (Å²) in [6, 6.07) is 12.2. The molecule has 0 aliphatic carbocycles. The van der Waals surface area contributed by atoms with Gasteiger partial charge in [0.1, 0.15) is 5.82 Å². The minimum absolute atomic E-state index is 0.271. The molecule has 0 aliphatic rings. The van der Waals surface area contributed by atoms with Crippen LogP contribution in [-0.2, 0) is 9.53 Å². The van der Waals surface area contributed by atoms with Gasteiger partial charge < -0.3 is 9.64 Å². The fraction of sp³-hybridized carbons (Fsp3) is 0.250. The van der Waals surface area contributed by atoms with E-state index in [4.69, 9.17) is 4.74 Å². The lowest BCUT2D eigenvalue weighted by Crippen LogP contribution is -2.43. The van der Waals surface area contributed by atoms with Crippen LogP contribution in [0, 0.1) is 5.82 Å². The summed E-state index contributed by atoms with van der Waals surface area (Å²) in [5.41, 5.74) is 5.46. The number of hydrazine groups is 1.